The number of aliphatic carboxylic acids is 1. The van der Waals surface area contributed by atoms with Gasteiger partial charge in [0.25, 0.3) is 0 Å². The van der Waals surface area contributed by atoms with Crippen molar-refractivity contribution in [2.75, 3.05) is 0 Å². The van der Waals surface area contributed by atoms with E-state index in [9.17, 15) is 4.79 Å². The molecule has 0 amide bonds. The minimum absolute atomic E-state index is 0.576. The topological polar surface area (TPSA) is 46.5 Å². The summed E-state index contributed by atoms with van der Waals surface area (Å²) in [7, 11) is 0. The van der Waals surface area contributed by atoms with Gasteiger partial charge in [-0.3, -0.25) is 0 Å². The van der Waals surface area contributed by atoms with Crippen molar-refractivity contribution in [3.05, 3.63) is 65.7 Å². The summed E-state index contributed by atoms with van der Waals surface area (Å²) in [6.45, 7) is 1.51. The molecular weight excluding hydrogens is 240 g/mol. The fourth-order valence-corrected chi connectivity index (χ4v) is 1.77. The van der Waals surface area contributed by atoms with Crippen molar-refractivity contribution in [3.63, 3.8) is 0 Å². The second-order valence-electron chi connectivity index (χ2n) is 4.40. The molecule has 0 unspecified atom stereocenters. The lowest BCUT2D eigenvalue weighted by Crippen LogP contribution is -2.22. The number of ether oxygens (including phenoxy) is 1. The number of carbonyl (C=O) groups is 1. The molecule has 3 nitrogen and oxygen atoms in total. The zero-order valence-electron chi connectivity index (χ0n) is 10.7. The van der Waals surface area contributed by atoms with Crippen LogP contribution in [0.25, 0.3) is 0 Å². The first-order chi connectivity index (χ1) is 9.15. The molecule has 0 spiro atoms. The molecule has 3 heteroatoms. The number of benzene rings is 2. The maximum absolute atomic E-state index is 10.7. The summed E-state index contributed by atoms with van der Waals surface area (Å²) in [4.78, 5) is 10.7. The smallest absolute Gasteiger partial charge is 0.344 e. The summed E-state index contributed by atoms with van der Waals surface area (Å²) in [5.74, 6) is -0.389. The molecule has 2 aromatic rings. The van der Waals surface area contributed by atoms with E-state index in [2.05, 4.69) is 12.1 Å². The lowest BCUT2D eigenvalue weighted by Gasteiger charge is -2.10. The molecule has 0 radical (unpaired) electrons. The molecule has 1 atom stereocenters. The quantitative estimate of drug-likeness (QED) is 0.894. The third kappa shape index (κ3) is 3.85. The van der Waals surface area contributed by atoms with Crippen LogP contribution in [0.2, 0.25) is 0 Å². The number of carboxylic acids is 1. The molecule has 0 saturated heterocycles. The average Bonchev–Trinajstić information content (AvgIpc) is 2.42. The van der Waals surface area contributed by atoms with E-state index >= 15 is 0 Å². The molecule has 0 aliphatic rings. The second kappa shape index (κ2) is 6.05. The van der Waals surface area contributed by atoms with Gasteiger partial charge in [0.1, 0.15) is 5.75 Å². The zero-order valence-corrected chi connectivity index (χ0v) is 10.7. The van der Waals surface area contributed by atoms with Crippen LogP contribution in [0.3, 0.4) is 0 Å². The van der Waals surface area contributed by atoms with E-state index in [-0.39, 0.29) is 0 Å². The van der Waals surface area contributed by atoms with Crippen molar-refractivity contribution in [2.45, 2.75) is 19.4 Å². The largest absolute Gasteiger partial charge is 0.479 e. The highest BCUT2D eigenvalue weighted by Crippen LogP contribution is 2.16. The lowest BCUT2D eigenvalue weighted by molar-refractivity contribution is -0.144. The molecule has 0 saturated carbocycles. The van der Waals surface area contributed by atoms with Gasteiger partial charge < -0.3 is 9.84 Å². The van der Waals surface area contributed by atoms with E-state index < -0.39 is 12.1 Å². The van der Waals surface area contributed by atoms with Crippen molar-refractivity contribution in [1.82, 2.24) is 0 Å². The van der Waals surface area contributed by atoms with Gasteiger partial charge in [0.05, 0.1) is 0 Å². The Balaban J connectivity index is 2.01. The monoisotopic (exact) mass is 256 g/mol. The number of hydrogen-bond acceptors (Lipinski definition) is 2. The Morgan fingerprint density at radius 1 is 1.05 bits per heavy atom. The van der Waals surface area contributed by atoms with E-state index in [1.54, 1.807) is 12.1 Å². The molecule has 0 bridgehead atoms. The van der Waals surface area contributed by atoms with E-state index in [0.29, 0.717) is 5.75 Å². The van der Waals surface area contributed by atoms with Crippen LogP contribution in [0.15, 0.2) is 54.6 Å². The standard InChI is InChI=1S/C16H16O3/c1-12(16(17)18)19-15-9-7-14(8-10-15)11-13-5-3-2-4-6-13/h2-10,12H,11H2,1H3,(H,17,18)/t12-/m1/s1. The molecule has 0 aromatic heterocycles. The highest BCUT2D eigenvalue weighted by Gasteiger charge is 2.11. The molecule has 2 rings (SSSR count). The molecule has 1 N–H and O–H groups in total. The van der Waals surface area contributed by atoms with E-state index in [1.165, 1.54) is 18.1 Å². The van der Waals surface area contributed by atoms with Crippen molar-refractivity contribution in [3.8, 4) is 5.75 Å². The number of carboxylic acid groups (broad SMARTS) is 1. The van der Waals surface area contributed by atoms with Gasteiger partial charge in [0, 0.05) is 0 Å². The minimum atomic E-state index is -0.964. The van der Waals surface area contributed by atoms with Crippen molar-refractivity contribution in [2.24, 2.45) is 0 Å². The van der Waals surface area contributed by atoms with Gasteiger partial charge in [-0.15, -0.1) is 0 Å². The van der Waals surface area contributed by atoms with Crippen LogP contribution >= 0.6 is 0 Å². The fourth-order valence-electron chi connectivity index (χ4n) is 1.77. The van der Waals surface area contributed by atoms with E-state index in [4.69, 9.17) is 9.84 Å². The fraction of sp³-hybridized carbons (Fsp3) is 0.188. The number of rotatable bonds is 5. The first kappa shape index (κ1) is 13.1. The Morgan fingerprint density at radius 2 is 1.63 bits per heavy atom. The third-order valence-electron chi connectivity index (χ3n) is 2.84. The predicted molar refractivity (Wildman–Crippen MR) is 73.4 cm³/mol. The highest BCUT2D eigenvalue weighted by molar-refractivity contribution is 5.72. The zero-order chi connectivity index (χ0) is 13.7. The predicted octanol–water partition coefficient (Wildman–Crippen LogP) is 3.13. The molecule has 98 valence electrons. The Bertz CT molecular complexity index is 532. The SMILES string of the molecule is C[C@@H](Oc1ccc(Cc2ccccc2)cc1)C(=O)O. The second-order valence-corrected chi connectivity index (χ2v) is 4.40. The van der Waals surface area contributed by atoms with Crippen molar-refractivity contribution in [1.29, 1.82) is 0 Å². The summed E-state index contributed by atoms with van der Waals surface area (Å²) in [6.07, 6.45) is 0.0234. The van der Waals surface area contributed by atoms with Crippen LogP contribution in [-0.4, -0.2) is 17.2 Å². The summed E-state index contributed by atoms with van der Waals surface area (Å²) in [6, 6.07) is 17.7. The first-order valence-electron chi connectivity index (χ1n) is 6.17. The molecule has 19 heavy (non-hydrogen) atoms. The van der Waals surface area contributed by atoms with Gasteiger partial charge >= 0.3 is 5.97 Å². The Labute approximate surface area is 112 Å². The Kier molecular flexibility index (Phi) is 4.18. The Hall–Kier alpha value is -2.29. The minimum Gasteiger partial charge on any atom is -0.479 e. The van der Waals surface area contributed by atoms with Gasteiger partial charge in [-0.2, -0.15) is 0 Å². The number of hydrogen-bond donors (Lipinski definition) is 1. The summed E-state index contributed by atoms with van der Waals surface area (Å²) >= 11 is 0. The van der Waals surface area contributed by atoms with Crippen LogP contribution in [0.4, 0.5) is 0 Å². The molecular formula is C16H16O3. The van der Waals surface area contributed by atoms with E-state index in [0.717, 1.165) is 6.42 Å². The lowest BCUT2D eigenvalue weighted by atomic mass is 10.1. The van der Waals surface area contributed by atoms with Crippen molar-refractivity contribution < 1.29 is 14.6 Å². The highest BCUT2D eigenvalue weighted by atomic mass is 16.5. The van der Waals surface area contributed by atoms with Gasteiger partial charge in [0.15, 0.2) is 6.10 Å². The third-order valence-corrected chi connectivity index (χ3v) is 2.84. The molecule has 0 aliphatic carbocycles. The molecule has 0 fully saturated rings. The normalized spacial score (nSPS) is 11.8. The van der Waals surface area contributed by atoms with Crippen LogP contribution < -0.4 is 4.74 Å². The Morgan fingerprint density at radius 3 is 2.21 bits per heavy atom. The van der Waals surface area contributed by atoms with Crippen LogP contribution in [0.5, 0.6) is 5.75 Å². The van der Waals surface area contributed by atoms with E-state index in [1.807, 2.05) is 30.3 Å². The average molecular weight is 256 g/mol. The maximum atomic E-state index is 10.7. The molecule has 0 heterocycles. The summed E-state index contributed by atoms with van der Waals surface area (Å²) in [5.41, 5.74) is 2.41. The van der Waals surface area contributed by atoms with Gasteiger partial charge in [-0.05, 0) is 36.6 Å². The van der Waals surface area contributed by atoms with Crippen LogP contribution in [-0.2, 0) is 11.2 Å². The van der Waals surface area contributed by atoms with Crippen molar-refractivity contribution >= 4 is 5.97 Å². The van der Waals surface area contributed by atoms with Crippen LogP contribution in [0, 0.1) is 0 Å². The maximum Gasteiger partial charge on any atom is 0.344 e. The molecule has 0 aliphatic heterocycles. The molecule has 2 aromatic carbocycles. The summed E-state index contributed by atoms with van der Waals surface area (Å²) < 4.78 is 5.28. The van der Waals surface area contributed by atoms with Gasteiger partial charge in [-0.1, -0.05) is 42.5 Å². The van der Waals surface area contributed by atoms with Crippen LogP contribution in [0.1, 0.15) is 18.1 Å². The summed E-state index contributed by atoms with van der Waals surface area (Å²) in [5, 5.41) is 8.77. The first-order valence-corrected chi connectivity index (χ1v) is 6.17. The van der Waals surface area contributed by atoms with Gasteiger partial charge in [0.2, 0.25) is 0 Å². The van der Waals surface area contributed by atoms with Gasteiger partial charge in [-0.25, -0.2) is 4.79 Å².